The Morgan fingerprint density at radius 2 is 1.76 bits per heavy atom. The first kappa shape index (κ1) is 19.3. The van der Waals surface area contributed by atoms with Gasteiger partial charge in [0.2, 0.25) is 11.3 Å². The minimum atomic E-state index is -0.101. The third kappa shape index (κ3) is 4.71. The zero-order chi connectivity index (χ0) is 20.1. The first-order valence-electron chi connectivity index (χ1n) is 10.2. The Kier molecular flexibility index (Phi) is 6.00. The Morgan fingerprint density at radius 1 is 1.03 bits per heavy atom. The largest absolute Gasteiger partial charge is 0.348 e. The third-order valence-electron chi connectivity index (χ3n) is 5.49. The monoisotopic (exact) mass is 390 g/mol. The van der Waals surface area contributed by atoms with Crippen LogP contribution < -0.4 is 10.7 Å². The molecule has 1 amide bonds. The zero-order valence-electron chi connectivity index (χ0n) is 16.5. The molecule has 1 N–H and O–H groups in total. The Hall–Kier alpha value is -2.99. The molecule has 1 unspecified atom stereocenters. The molecule has 1 aliphatic rings. The number of nitrogens with one attached hydrogen (secondary N) is 1. The molecule has 1 aliphatic heterocycles. The summed E-state index contributed by atoms with van der Waals surface area (Å²) in [6.45, 7) is 3.44. The summed E-state index contributed by atoms with van der Waals surface area (Å²) in [5.74, 6) is -0.0115. The van der Waals surface area contributed by atoms with E-state index in [0.29, 0.717) is 18.4 Å². The summed E-state index contributed by atoms with van der Waals surface area (Å²) < 4.78 is 1.73. The van der Waals surface area contributed by atoms with Gasteiger partial charge in [-0.15, -0.1) is 0 Å². The van der Waals surface area contributed by atoms with Crippen LogP contribution in [-0.2, 0) is 11.3 Å². The van der Waals surface area contributed by atoms with Gasteiger partial charge in [-0.3, -0.25) is 14.3 Å². The first-order valence-corrected chi connectivity index (χ1v) is 10.2. The average molecular weight is 390 g/mol. The Balaban J connectivity index is 1.44. The number of amides is 1. The second-order valence-corrected chi connectivity index (χ2v) is 7.54. The van der Waals surface area contributed by atoms with Crippen molar-refractivity contribution in [2.24, 2.45) is 0 Å². The number of carbonyl (C=O) groups excluding carboxylic acids is 1. The van der Waals surface area contributed by atoms with Crippen LogP contribution in [0.25, 0.3) is 10.9 Å². The lowest BCUT2D eigenvalue weighted by Gasteiger charge is -2.25. The SMILES string of the molecule is O=C(CCn1ncc(=O)c2ccccc21)NC(CN1CCCC1)c1ccccc1. The van der Waals surface area contributed by atoms with Crippen LogP contribution in [0.15, 0.2) is 65.6 Å². The summed E-state index contributed by atoms with van der Waals surface area (Å²) in [7, 11) is 0. The molecule has 1 atom stereocenters. The van der Waals surface area contributed by atoms with Crippen LogP contribution in [0.5, 0.6) is 0 Å². The molecular formula is C23H26N4O2. The summed E-state index contributed by atoms with van der Waals surface area (Å²) in [5, 5.41) is 8.05. The molecule has 0 bridgehead atoms. The van der Waals surface area contributed by atoms with E-state index in [0.717, 1.165) is 30.7 Å². The molecule has 6 heteroatoms. The molecule has 1 aromatic heterocycles. The zero-order valence-corrected chi connectivity index (χ0v) is 16.5. The van der Waals surface area contributed by atoms with Gasteiger partial charge in [-0.05, 0) is 43.6 Å². The van der Waals surface area contributed by atoms with Gasteiger partial charge in [-0.25, -0.2) is 0 Å². The number of fused-ring (bicyclic) bond motifs is 1. The minimum absolute atomic E-state index is 0.0115. The lowest BCUT2D eigenvalue weighted by Crippen LogP contribution is -2.37. The average Bonchev–Trinajstić information content (AvgIpc) is 3.27. The summed E-state index contributed by atoms with van der Waals surface area (Å²) >= 11 is 0. The smallest absolute Gasteiger partial charge is 0.222 e. The van der Waals surface area contributed by atoms with E-state index < -0.39 is 0 Å². The van der Waals surface area contributed by atoms with Crippen LogP contribution in [0.2, 0.25) is 0 Å². The van der Waals surface area contributed by atoms with Crippen LogP contribution in [-0.4, -0.2) is 40.2 Å². The predicted octanol–water partition coefficient (Wildman–Crippen LogP) is 2.74. The number of hydrogen-bond donors (Lipinski definition) is 1. The van der Waals surface area contributed by atoms with Gasteiger partial charge in [0.05, 0.1) is 24.3 Å². The Morgan fingerprint density at radius 3 is 2.55 bits per heavy atom. The predicted molar refractivity (Wildman–Crippen MR) is 114 cm³/mol. The van der Waals surface area contributed by atoms with Gasteiger partial charge in [0.1, 0.15) is 0 Å². The number of aromatic nitrogens is 2. The third-order valence-corrected chi connectivity index (χ3v) is 5.49. The Labute approximate surface area is 170 Å². The summed E-state index contributed by atoms with van der Waals surface area (Å²) in [6.07, 6.45) is 4.07. The number of benzene rings is 2. The van der Waals surface area contributed by atoms with E-state index >= 15 is 0 Å². The van der Waals surface area contributed by atoms with E-state index in [2.05, 4.69) is 27.4 Å². The molecule has 2 aromatic carbocycles. The van der Waals surface area contributed by atoms with Crippen molar-refractivity contribution >= 4 is 16.8 Å². The number of likely N-dealkylation sites (tertiary alicyclic amines) is 1. The fourth-order valence-corrected chi connectivity index (χ4v) is 3.96. The van der Waals surface area contributed by atoms with E-state index in [-0.39, 0.29) is 17.4 Å². The summed E-state index contributed by atoms with van der Waals surface area (Å²) in [6, 6.07) is 17.5. The van der Waals surface area contributed by atoms with Crippen LogP contribution in [0.3, 0.4) is 0 Å². The standard InChI is InChI=1S/C23H26N4O2/c28-22-16-24-27(21-11-5-4-10-19(21)22)15-12-23(29)25-20(17-26-13-6-7-14-26)18-8-2-1-3-9-18/h1-5,8-11,16,20H,6-7,12-15,17H2,(H,25,29). The van der Waals surface area contributed by atoms with Crippen LogP contribution in [0.4, 0.5) is 0 Å². The highest BCUT2D eigenvalue weighted by atomic mass is 16.1. The van der Waals surface area contributed by atoms with Gasteiger partial charge >= 0.3 is 0 Å². The van der Waals surface area contributed by atoms with E-state index in [1.54, 1.807) is 10.7 Å². The van der Waals surface area contributed by atoms with Crippen LogP contribution >= 0.6 is 0 Å². The molecule has 1 fully saturated rings. The summed E-state index contributed by atoms with van der Waals surface area (Å²) in [4.78, 5) is 27.1. The molecule has 0 spiro atoms. The van der Waals surface area contributed by atoms with Crippen LogP contribution in [0, 0.1) is 0 Å². The number of nitrogens with zero attached hydrogens (tertiary/aromatic N) is 3. The lowest BCUT2D eigenvalue weighted by atomic mass is 10.1. The van der Waals surface area contributed by atoms with Crippen molar-refractivity contribution in [1.29, 1.82) is 0 Å². The molecule has 150 valence electrons. The molecule has 0 saturated carbocycles. The molecule has 4 rings (SSSR count). The van der Waals surface area contributed by atoms with Gasteiger partial charge in [0, 0.05) is 18.4 Å². The van der Waals surface area contributed by atoms with Gasteiger partial charge in [-0.1, -0.05) is 42.5 Å². The molecule has 3 aromatic rings. The van der Waals surface area contributed by atoms with Crippen molar-refractivity contribution in [1.82, 2.24) is 20.0 Å². The molecule has 2 heterocycles. The highest BCUT2D eigenvalue weighted by Crippen LogP contribution is 2.18. The topological polar surface area (TPSA) is 67.2 Å². The number of rotatable bonds is 7. The van der Waals surface area contributed by atoms with E-state index in [1.165, 1.54) is 19.0 Å². The second-order valence-electron chi connectivity index (χ2n) is 7.54. The van der Waals surface area contributed by atoms with Crippen molar-refractivity contribution in [3.63, 3.8) is 0 Å². The van der Waals surface area contributed by atoms with E-state index in [9.17, 15) is 9.59 Å². The molecular weight excluding hydrogens is 364 g/mol. The van der Waals surface area contributed by atoms with Gasteiger partial charge in [-0.2, -0.15) is 5.10 Å². The van der Waals surface area contributed by atoms with Crippen molar-refractivity contribution in [3.05, 3.63) is 76.6 Å². The first-order chi connectivity index (χ1) is 14.2. The van der Waals surface area contributed by atoms with E-state index in [1.807, 2.05) is 36.4 Å². The molecule has 6 nitrogen and oxygen atoms in total. The van der Waals surface area contributed by atoms with Crippen molar-refractivity contribution in [2.75, 3.05) is 19.6 Å². The maximum absolute atomic E-state index is 12.7. The number of para-hydroxylation sites is 1. The fourth-order valence-electron chi connectivity index (χ4n) is 3.96. The second kappa shape index (κ2) is 9.01. The Bertz CT molecular complexity index is 1030. The van der Waals surface area contributed by atoms with Gasteiger partial charge in [0.25, 0.3) is 0 Å². The van der Waals surface area contributed by atoms with Crippen molar-refractivity contribution in [3.8, 4) is 0 Å². The molecule has 29 heavy (non-hydrogen) atoms. The molecule has 0 radical (unpaired) electrons. The highest BCUT2D eigenvalue weighted by molar-refractivity contribution is 5.79. The van der Waals surface area contributed by atoms with Crippen molar-refractivity contribution in [2.45, 2.75) is 31.8 Å². The maximum atomic E-state index is 12.7. The van der Waals surface area contributed by atoms with E-state index in [4.69, 9.17) is 0 Å². The van der Waals surface area contributed by atoms with Crippen LogP contribution in [0.1, 0.15) is 30.9 Å². The molecule has 1 saturated heterocycles. The lowest BCUT2D eigenvalue weighted by molar-refractivity contribution is -0.122. The fraction of sp³-hybridized carbons (Fsp3) is 0.348. The minimum Gasteiger partial charge on any atom is -0.348 e. The van der Waals surface area contributed by atoms with Gasteiger partial charge < -0.3 is 10.2 Å². The summed E-state index contributed by atoms with van der Waals surface area (Å²) in [5.41, 5.74) is 1.78. The molecule has 0 aliphatic carbocycles. The maximum Gasteiger partial charge on any atom is 0.222 e. The van der Waals surface area contributed by atoms with Gasteiger partial charge in [0.15, 0.2) is 0 Å². The normalized spacial score (nSPS) is 15.4. The number of carbonyl (C=O) groups is 1. The quantitative estimate of drug-likeness (QED) is 0.674. The highest BCUT2D eigenvalue weighted by Gasteiger charge is 2.20. The van der Waals surface area contributed by atoms with Crippen molar-refractivity contribution < 1.29 is 4.79 Å². The number of hydrogen-bond acceptors (Lipinski definition) is 4. The number of aryl methyl sites for hydroxylation is 1.